The van der Waals surface area contributed by atoms with Crippen LogP contribution in [-0.4, -0.2) is 35.4 Å². The molecule has 5 nitrogen and oxygen atoms in total. The van der Waals surface area contributed by atoms with Crippen molar-refractivity contribution in [1.29, 1.82) is 0 Å². The highest BCUT2D eigenvalue weighted by molar-refractivity contribution is 5.80. The molecule has 0 fully saturated rings. The van der Waals surface area contributed by atoms with Crippen LogP contribution >= 0.6 is 0 Å². The summed E-state index contributed by atoms with van der Waals surface area (Å²) in [7, 11) is 0. The zero-order chi connectivity index (χ0) is 15.0. The molecule has 0 atom stereocenters. The van der Waals surface area contributed by atoms with E-state index in [1.54, 1.807) is 12.3 Å². The molecule has 5 heteroatoms. The van der Waals surface area contributed by atoms with Crippen LogP contribution in [0, 0.1) is 0 Å². The molecule has 0 saturated heterocycles. The second-order valence-corrected chi connectivity index (χ2v) is 4.68. The van der Waals surface area contributed by atoms with Crippen molar-refractivity contribution >= 4 is 17.4 Å². The molecule has 0 saturated carbocycles. The second kappa shape index (κ2) is 8.19. The first-order valence-corrected chi connectivity index (χ1v) is 7.00. The average Bonchev–Trinajstić information content (AvgIpc) is 2.44. The number of hydrogen-bond acceptors (Lipinski definition) is 4. The van der Waals surface area contributed by atoms with Gasteiger partial charge in [-0.2, -0.15) is 0 Å². The fourth-order valence-corrected chi connectivity index (χ4v) is 1.93. The maximum absolute atomic E-state index is 12.1. The third-order valence-corrected chi connectivity index (χ3v) is 2.92. The second-order valence-electron chi connectivity index (χ2n) is 4.68. The van der Waals surface area contributed by atoms with Crippen molar-refractivity contribution in [3.63, 3.8) is 0 Å². The number of carbonyl (C=O) groups excluding carboxylic acids is 1. The van der Waals surface area contributed by atoms with Gasteiger partial charge < -0.3 is 16.0 Å². The summed E-state index contributed by atoms with van der Waals surface area (Å²) in [5.74, 6) is 0.534. The zero-order valence-electron chi connectivity index (χ0n) is 12.4. The van der Waals surface area contributed by atoms with Crippen LogP contribution in [0.3, 0.4) is 0 Å². The van der Waals surface area contributed by atoms with Crippen LogP contribution in [0.25, 0.3) is 5.70 Å². The highest BCUT2D eigenvalue weighted by atomic mass is 16.2. The summed E-state index contributed by atoms with van der Waals surface area (Å²) in [6.07, 6.45) is 3.56. The van der Waals surface area contributed by atoms with Crippen molar-refractivity contribution < 1.29 is 4.79 Å². The average molecular weight is 276 g/mol. The highest BCUT2D eigenvalue weighted by Gasteiger charge is 2.11. The summed E-state index contributed by atoms with van der Waals surface area (Å²) in [6.45, 7) is 9.91. The Morgan fingerprint density at radius 1 is 1.40 bits per heavy atom. The molecule has 1 amide bonds. The van der Waals surface area contributed by atoms with E-state index in [0.29, 0.717) is 11.5 Å². The zero-order valence-corrected chi connectivity index (χ0v) is 12.4. The van der Waals surface area contributed by atoms with Crippen molar-refractivity contribution in [2.45, 2.75) is 26.7 Å². The Hall–Kier alpha value is -2.04. The number of nitrogen functional groups attached to an aromatic ring is 1. The number of amides is 1. The monoisotopic (exact) mass is 276 g/mol. The van der Waals surface area contributed by atoms with E-state index < -0.39 is 0 Å². The van der Waals surface area contributed by atoms with Crippen LogP contribution in [-0.2, 0) is 4.79 Å². The van der Waals surface area contributed by atoms with Gasteiger partial charge in [0.1, 0.15) is 5.82 Å². The van der Waals surface area contributed by atoms with Crippen LogP contribution in [0.2, 0.25) is 0 Å². The van der Waals surface area contributed by atoms with Gasteiger partial charge in [-0.3, -0.25) is 4.79 Å². The molecular weight excluding hydrogens is 252 g/mol. The molecular formula is C15H24N4O. The Balaban J connectivity index is 2.53. The van der Waals surface area contributed by atoms with E-state index in [2.05, 4.69) is 30.7 Å². The molecule has 0 aliphatic heterocycles. The Morgan fingerprint density at radius 2 is 2.05 bits per heavy atom. The van der Waals surface area contributed by atoms with E-state index >= 15 is 0 Å². The van der Waals surface area contributed by atoms with Gasteiger partial charge in [-0.25, -0.2) is 4.98 Å². The lowest BCUT2D eigenvalue weighted by Crippen LogP contribution is -2.38. The minimum atomic E-state index is 0.0943. The summed E-state index contributed by atoms with van der Waals surface area (Å²) < 4.78 is 0. The Kier molecular flexibility index (Phi) is 6.56. The van der Waals surface area contributed by atoms with E-state index in [1.807, 2.05) is 11.0 Å². The third-order valence-electron chi connectivity index (χ3n) is 2.92. The molecule has 0 aliphatic carbocycles. The number of carbonyl (C=O) groups is 1. The number of hydrogen-bond donors (Lipinski definition) is 2. The normalized spacial score (nSPS) is 10.1. The van der Waals surface area contributed by atoms with Crippen molar-refractivity contribution in [3.8, 4) is 0 Å². The summed E-state index contributed by atoms with van der Waals surface area (Å²) >= 11 is 0. The van der Waals surface area contributed by atoms with Gasteiger partial charge >= 0.3 is 0 Å². The molecule has 0 aliphatic rings. The van der Waals surface area contributed by atoms with Crippen LogP contribution in [0.5, 0.6) is 0 Å². The molecule has 1 rings (SSSR count). The van der Waals surface area contributed by atoms with Gasteiger partial charge in [0, 0.05) is 30.5 Å². The first-order valence-electron chi connectivity index (χ1n) is 7.00. The van der Waals surface area contributed by atoms with Gasteiger partial charge in [0.2, 0.25) is 5.91 Å². The fourth-order valence-electron chi connectivity index (χ4n) is 1.93. The van der Waals surface area contributed by atoms with Crippen molar-refractivity contribution in [2.24, 2.45) is 0 Å². The van der Waals surface area contributed by atoms with E-state index in [0.717, 1.165) is 31.5 Å². The van der Waals surface area contributed by atoms with Gasteiger partial charge in [0.15, 0.2) is 0 Å². The number of nitrogens with two attached hydrogens (primary N) is 1. The molecule has 110 valence electrons. The third kappa shape index (κ3) is 4.91. The molecule has 0 bridgehead atoms. The molecule has 0 radical (unpaired) electrons. The first-order chi connectivity index (χ1) is 9.58. The SMILES string of the molecule is C=C(NCC(=O)N(CCC)CCC)c1ccnc(N)c1. The number of anilines is 1. The van der Waals surface area contributed by atoms with Gasteiger partial charge in [-0.05, 0) is 25.0 Å². The highest BCUT2D eigenvalue weighted by Crippen LogP contribution is 2.10. The quantitative estimate of drug-likeness (QED) is 0.760. The van der Waals surface area contributed by atoms with E-state index in [-0.39, 0.29) is 12.5 Å². The summed E-state index contributed by atoms with van der Waals surface area (Å²) in [4.78, 5) is 17.9. The van der Waals surface area contributed by atoms with E-state index in [4.69, 9.17) is 5.73 Å². The van der Waals surface area contributed by atoms with Gasteiger partial charge in [0.05, 0.1) is 6.54 Å². The van der Waals surface area contributed by atoms with E-state index in [1.165, 1.54) is 0 Å². The summed E-state index contributed by atoms with van der Waals surface area (Å²) in [5, 5.41) is 3.05. The Labute approximate surface area is 120 Å². The molecule has 1 heterocycles. The number of nitrogens with one attached hydrogen (secondary N) is 1. The molecule has 20 heavy (non-hydrogen) atoms. The number of aromatic nitrogens is 1. The molecule has 0 aromatic carbocycles. The molecule has 1 aromatic rings. The number of nitrogens with zero attached hydrogens (tertiary/aromatic N) is 2. The van der Waals surface area contributed by atoms with Gasteiger partial charge in [-0.1, -0.05) is 20.4 Å². The molecule has 0 spiro atoms. The molecule has 3 N–H and O–H groups in total. The predicted molar refractivity (Wildman–Crippen MR) is 82.8 cm³/mol. The molecule has 1 aromatic heterocycles. The Bertz CT molecular complexity index is 453. The lowest BCUT2D eigenvalue weighted by atomic mass is 10.2. The standard InChI is InChI=1S/C15H24N4O/c1-4-8-19(9-5-2)15(20)11-18-12(3)13-6-7-17-14(16)10-13/h6-7,10,18H,3-5,8-9,11H2,1-2H3,(H2,16,17). The topological polar surface area (TPSA) is 71.2 Å². The minimum Gasteiger partial charge on any atom is -0.384 e. The largest absolute Gasteiger partial charge is 0.384 e. The summed E-state index contributed by atoms with van der Waals surface area (Å²) in [6, 6.07) is 3.54. The van der Waals surface area contributed by atoms with Crippen LogP contribution in [0.4, 0.5) is 5.82 Å². The predicted octanol–water partition coefficient (Wildman–Crippen LogP) is 1.87. The number of pyridine rings is 1. The number of rotatable bonds is 8. The molecule has 0 unspecified atom stereocenters. The van der Waals surface area contributed by atoms with Crippen molar-refractivity contribution in [3.05, 3.63) is 30.5 Å². The Morgan fingerprint density at radius 3 is 2.60 bits per heavy atom. The lowest BCUT2D eigenvalue weighted by molar-refractivity contribution is -0.130. The lowest BCUT2D eigenvalue weighted by Gasteiger charge is -2.22. The van der Waals surface area contributed by atoms with E-state index in [9.17, 15) is 4.79 Å². The fraction of sp³-hybridized carbons (Fsp3) is 0.467. The first kappa shape index (κ1) is 16.0. The van der Waals surface area contributed by atoms with Crippen LogP contribution < -0.4 is 11.1 Å². The maximum Gasteiger partial charge on any atom is 0.241 e. The van der Waals surface area contributed by atoms with Gasteiger partial charge in [0.25, 0.3) is 0 Å². The van der Waals surface area contributed by atoms with Crippen molar-refractivity contribution in [1.82, 2.24) is 15.2 Å². The maximum atomic E-state index is 12.1. The van der Waals surface area contributed by atoms with Crippen LogP contribution in [0.1, 0.15) is 32.3 Å². The van der Waals surface area contributed by atoms with Crippen LogP contribution in [0.15, 0.2) is 24.9 Å². The summed E-state index contributed by atoms with van der Waals surface area (Å²) in [5.41, 5.74) is 7.16. The van der Waals surface area contributed by atoms with Gasteiger partial charge in [-0.15, -0.1) is 0 Å². The smallest absolute Gasteiger partial charge is 0.241 e. The van der Waals surface area contributed by atoms with Crippen molar-refractivity contribution in [2.75, 3.05) is 25.4 Å². The minimum absolute atomic E-state index is 0.0943.